The summed E-state index contributed by atoms with van der Waals surface area (Å²) in [5.41, 5.74) is 0.248. The van der Waals surface area contributed by atoms with Gasteiger partial charge >= 0.3 is 18.0 Å². The lowest BCUT2D eigenvalue weighted by Crippen LogP contribution is -2.43. The highest BCUT2D eigenvalue weighted by atomic mass is 35.5. The van der Waals surface area contributed by atoms with E-state index in [1.807, 2.05) is 0 Å². The summed E-state index contributed by atoms with van der Waals surface area (Å²) in [6.45, 7) is 1.48. The van der Waals surface area contributed by atoms with E-state index >= 15 is 0 Å². The van der Waals surface area contributed by atoms with Gasteiger partial charge in [0, 0.05) is 10.6 Å². The minimum atomic E-state index is -1.32. The molecule has 21 heavy (non-hydrogen) atoms. The molecule has 0 spiro atoms. The molecule has 0 radical (unpaired) electrons. The molecule has 1 rings (SSSR count). The predicted octanol–water partition coefficient (Wildman–Crippen LogP) is 1.33. The third kappa shape index (κ3) is 5.31. The van der Waals surface area contributed by atoms with Crippen LogP contribution in [0.4, 0.5) is 4.79 Å². The van der Waals surface area contributed by atoms with Crippen LogP contribution in [0.3, 0.4) is 0 Å². The zero-order valence-corrected chi connectivity index (χ0v) is 12.0. The number of hydrogen-bond donors (Lipinski definition) is 3. The Morgan fingerprint density at radius 2 is 2.00 bits per heavy atom. The molecule has 0 saturated carbocycles. The van der Waals surface area contributed by atoms with Crippen molar-refractivity contribution < 1.29 is 24.2 Å². The minimum absolute atomic E-state index is 0.194. The smallest absolute Gasteiger partial charge is 0.331 e. The van der Waals surface area contributed by atoms with E-state index in [1.165, 1.54) is 12.1 Å². The summed E-state index contributed by atoms with van der Waals surface area (Å²) in [5, 5.41) is 13.8. The number of amides is 2. The summed E-state index contributed by atoms with van der Waals surface area (Å²) >= 11 is 5.91. The van der Waals surface area contributed by atoms with Crippen molar-refractivity contribution in [3.05, 3.63) is 34.9 Å². The maximum absolute atomic E-state index is 11.6. The molecule has 7 nitrogen and oxygen atoms in total. The first kappa shape index (κ1) is 16.8. The molecule has 1 aromatic carbocycles. The van der Waals surface area contributed by atoms with Gasteiger partial charge in [0.15, 0.2) is 6.04 Å². The molecule has 0 aliphatic carbocycles. The van der Waals surface area contributed by atoms with E-state index in [-0.39, 0.29) is 23.7 Å². The van der Waals surface area contributed by atoms with Gasteiger partial charge in [-0.3, -0.25) is 4.79 Å². The van der Waals surface area contributed by atoms with Crippen LogP contribution in [0.15, 0.2) is 24.3 Å². The van der Waals surface area contributed by atoms with Crippen molar-refractivity contribution in [3.63, 3.8) is 0 Å². The number of halogens is 1. The molecule has 0 aliphatic rings. The monoisotopic (exact) mass is 314 g/mol. The highest BCUT2D eigenvalue weighted by Crippen LogP contribution is 2.22. The predicted molar refractivity (Wildman–Crippen MR) is 75.0 cm³/mol. The van der Waals surface area contributed by atoms with E-state index in [1.54, 1.807) is 19.1 Å². The topological polar surface area (TPSA) is 105 Å². The standard InChI is InChI=1S/C13H15ClN2O5/c1-2-21-10(17)7-15-13(20)16-11(12(18)19)8-5-3-4-6-9(8)14/h3-6,11H,2,7H2,1H3,(H,18,19)(H2,15,16,20)/t11-/m1/s1. The largest absolute Gasteiger partial charge is 0.479 e. The van der Waals surface area contributed by atoms with Crippen LogP contribution >= 0.6 is 11.6 Å². The Bertz CT molecular complexity index is 535. The van der Waals surface area contributed by atoms with Gasteiger partial charge in [-0.15, -0.1) is 0 Å². The molecule has 114 valence electrons. The van der Waals surface area contributed by atoms with E-state index in [0.29, 0.717) is 0 Å². The summed E-state index contributed by atoms with van der Waals surface area (Å²) in [5.74, 6) is -1.88. The number of nitrogens with one attached hydrogen (secondary N) is 2. The molecule has 3 N–H and O–H groups in total. The maximum atomic E-state index is 11.6. The Morgan fingerprint density at radius 3 is 2.57 bits per heavy atom. The number of carboxylic acid groups (broad SMARTS) is 1. The Balaban J connectivity index is 2.68. The molecule has 0 aliphatic heterocycles. The molecule has 2 amide bonds. The molecular weight excluding hydrogens is 300 g/mol. The van der Waals surface area contributed by atoms with Crippen molar-refractivity contribution in [2.24, 2.45) is 0 Å². The van der Waals surface area contributed by atoms with Crippen LogP contribution < -0.4 is 10.6 Å². The van der Waals surface area contributed by atoms with Crippen molar-refractivity contribution in [1.82, 2.24) is 10.6 Å². The number of hydrogen-bond acceptors (Lipinski definition) is 4. The molecule has 0 aromatic heterocycles. The van der Waals surface area contributed by atoms with Crippen LogP contribution in [-0.4, -0.2) is 36.2 Å². The zero-order chi connectivity index (χ0) is 15.8. The Morgan fingerprint density at radius 1 is 1.33 bits per heavy atom. The van der Waals surface area contributed by atoms with Crippen LogP contribution in [0.5, 0.6) is 0 Å². The average molecular weight is 315 g/mol. The number of carbonyl (C=O) groups is 3. The summed E-state index contributed by atoms with van der Waals surface area (Å²) < 4.78 is 4.63. The van der Waals surface area contributed by atoms with Crippen LogP contribution in [-0.2, 0) is 14.3 Å². The molecule has 0 unspecified atom stereocenters. The van der Waals surface area contributed by atoms with Gasteiger partial charge in [0.25, 0.3) is 0 Å². The van der Waals surface area contributed by atoms with Crippen LogP contribution in [0.25, 0.3) is 0 Å². The first-order valence-electron chi connectivity index (χ1n) is 6.13. The second-order valence-corrected chi connectivity index (χ2v) is 4.33. The van der Waals surface area contributed by atoms with Gasteiger partial charge in [0.05, 0.1) is 6.61 Å². The number of aliphatic carboxylic acids is 1. The average Bonchev–Trinajstić information content (AvgIpc) is 2.43. The number of rotatable bonds is 6. The molecular formula is C13H15ClN2O5. The number of ether oxygens (including phenoxy) is 1. The van der Waals surface area contributed by atoms with E-state index in [0.717, 1.165) is 0 Å². The normalized spacial score (nSPS) is 11.3. The van der Waals surface area contributed by atoms with Gasteiger partial charge in [-0.05, 0) is 13.0 Å². The second kappa shape index (κ2) is 8.11. The van der Waals surface area contributed by atoms with Crippen LogP contribution in [0.2, 0.25) is 5.02 Å². The maximum Gasteiger partial charge on any atom is 0.331 e. The van der Waals surface area contributed by atoms with Gasteiger partial charge in [-0.2, -0.15) is 0 Å². The van der Waals surface area contributed by atoms with Crippen molar-refractivity contribution in [1.29, 1.82) is 0 Å². The number of urea groups is 1. The lowest BCUT2D eigenvalue weighted by molar-refractivity contribution is -0.141. The number of carbonyl (C=O) groups excluding carboxylic acids is 2. The Kier molecular flexibility index (Phi) is 6.48. The summed E-state index contributed by atoms with van der Waals surface area (Å²) in [4.78, 5) is 33.9. The van der Waals surface area contributed by atoms with E-state index in [4.69, 9.17) is 16.7 Å². The second-order valence-electron chi connectivity index (χ2n) is 3.92. The first-order chi connectivity index (χ1) is 9.95. The fourth-order valence-corrected chi connectivity index (χ4v) is 1.77. The van der Waals surface area contributed by atoms with E-state index < -0.39 is 24.0 Å². The summed E-state index contributed by atoms with van der Waals surface area (Å²) in [7, 11) is 0. The van der Waals surface area contributed by atoms with Gasteiger partial charge in [-0.25, -0.2) is 9.59 Å². The van der Waals surface area contributed by atoms with Crippen LogP contribution in [0, 0.1) is 0 Å². The first-order valence-corrected chi connectivity index (χ1v) is 6.50. The molecule has 0 fully saturated rings. The lowest BCUT2D eigenvalue weighted by Gasteiger charge is -2.16. The summed E-state index contributed by atoms with van der Waals surface area (Å²) in [6, 6.07) is 4.13. The Hall–Kier alpha value is -2.28. The SMILES string of the molecule is CCOC(=O)CNC(=O)N[C@@H](C(=O)O)c1ccccc1Cl. The molecule has 1 aromatic rings. The fraction of sp³-hybridized carbons (Fsp3) is 0.308. The quantitative estimate of drug-likeness (QED) is 0.687. The molecule has 0 bridgehead atoms. The molecule has 0 heterocycles. The van der Waals surface area contributed by atoms with Crippen molar-refractivity contribution in [3.8, 4) is 0 Å². The third-order valence-corrected chi connectivity index (χ3v) is 2.78. The van der Waals surface area contributed by atoms with Gasteiger partial charge < -0.3 is 20.5 Å². The fourth-order valence-electron chi connectivity index (χ4n) is 1.53. The van der Waals surface area contributed by atoms with E-state index in [9.17, 15) is 14.4 Å². The number of benzene rings is 1. The van der Waals surface area contributed by atoms with Gasteiger partial charge in [0.2, 0.25) is 0 Å². The Labute approximate surface area is 126 Å². The summed E-state index contributed by atoms with van der Waals surface area (Å²) in [6.07, 6.45) is 0. The van der Waals surface area contributed by atoms with Crippen molar-refractivity contribution in [2.75, 3.05) is 13.2 Å². The van der Waals surface area contributed by atoms with Gasteiger partial charge in [-0.1, -0.05) is 29.8 Å². The molecule has 1 atom stereocenters. The van der Waals surface area contributed by atoms with E-state index in [2.05, 4.69) is 15.4 Å². The number of carboxylic acids is 1. The third-order valence-electron chi connectivity index (χ3n) is 2.44. The highest BCUT2D eigenvalue weighted by Gasteiger charge is 2.24. The number of esters is 1. The van der Waals surface area contributed by atoms with Crippen LogP contribution in [0.1, 0.15) is 18.5 Å². The minimum Gasteiger partial charge on any atom is -0.479 e. The zero-order valence-electron chi connectivity index (χ0n) is 11.3. The van der Waals surface area contributed by atoms with Crippen molar-refractivity contribution >= 4 is 29.6 Å². The lowest BCUT2D eigenvalue weighted by atomic mass is 10.1. The molecule has 8 heteroatoms. The highest BCUT2D eigenvalue weighted by molar-refractivity contribution is 6.31. The molecule has 0 saturated heterocycles. The van der Waals surface area contributed by atoms with Gasteiger partial charge in [0.1, 0.15) is 6.54 Å². The van der Waals surface area contributed by atoms with Crippen molar-refractivity contribution in [2.45, 2.75) is 13.0 Å².